The second-order valence-electron chi connectivity index (χ2n) is 6.32. The average molecular weight is 424 g/mol. The molecule has 2 atom stereocenters. The van der Waals surface area contributed by atoms with Gasteiger partial charge in [0.15, 0.2) is 0 Å². The molecule has 146 valence electrons. The predicted molar refractivity (Wildman–Crippen MR) is 104 cm³/mol. The molecule has 2 N–H and O–H groups in total. The maximum Gasteiger partial charge on any atom is 0.329 e. The van der Waals surface area contributed by atoms with Crippen molar-refractivity contribution in [1.29, 1.82) is 0 Å². The topological polar surface area (TPSA) is 78.5 Å². The van der Waals surface area contributed by atoms with Gasteiger partial charge < -0.3 is 10.6 Å². The summed E-state index contributed by atoms with van der Waals surface area (Å²) in [7, 11) is 0. The molecule has 3 rings (SSSR count). The smallest absolute Gasteiger partial charge is 0.329 e. The lowest BCUT2D eigenvalue weighted by molar-refractivity contribution is -0.126. The fourth-order valence-corrected chi connectivity index (χ4v) is 3.16. The first-order valence-electron chi connectivity index (χ1n) is 8.40. The first kappa shape index (κ1) is 20.1. The number of nitrogens with zero attached hydrogens (tertiary/aromatic N) is 1. The van der Waals surface area contributed by atoms with Crippen molar-refractivity contribution >= 4 is 46.7 Å². The van der Waals surface area contributed by atoms with Crippen LogP contribution in [-0.4, -0.2) is 23.9 Å². The number of anilines is 1. The van der Waals surface area contributed by atoms with Crippen molar-refractivity contribution in [2.45, 2.75) is 25.4 Å². The monoisotopic (exact) mass is 423 g/mol. The molecule has 0 radical (unpaired) electrons. The highest BCUT2D eigenvalue weighted by Gasteiger charge is 2.40. The maximum absolute atomic E-state index is 13.1. The normalized spacial score (nSPS) is 17.4. The number of amides is 4. The third-order valence-electron chi connectivity index (χ3n) is 4.31. The highest BCUT2D eigenvalue weighted by atomic mass is 35.5. The van der Waals surface area contributed by atoms with E-state index < -0.39 is 29.7 Å². The molecule has 0 aromatic heterocycles. The third kappa shape index (κ3) is 4.26. The van der Waals surface area contributed by atoms with E-state index >= 15 is 0 Å². The van der Waals surface area contributed by atoms with E-state index in [2.05, 4.69) is 10.6 Å². The molecule has 2 aromatic carbocycles. The molecule has 28 heavy (non-hydrogen) atoms. The lowest BCUT2D eigenvalue weighted by Crippen LogP contribution is -2.37. The Kier molecular flexibility index (Phi) is 5.86. The van der Waals surface area contributed by atoms with Crippen molar-refractivity contribution in [2.24, 2.45) is 0 Å². The van der Waals surface area contributed by atoms with Crippen LogP contribution in [0.2, 0.25) is 10.0 Å². The maximum atomic E-state index is 13.1. The lowest BCUT2D eigenvalue weighted by atomic mass is 10.1. The van der Waals surface area contributed by atoms with Crippen LogP contribution in [0.15, 0.2) is 42.5 Å². The molecule has 6 nitrogen and oxygen atoms in total. The Morgan fingerprint density at radius 1 is 1.18 bits per heavy atom. The summed E-state index contributed by atoms with van der Waals surface area (Å²) in [5, 5.41) is 6.00. The van der Waals surface area contributed by atoms with Crippen molar-refractivity contribution in [3.05, 3.63) is 63.9 Å². The molecule has 1 fully saturated rings. The summed E-state index contributed by atoms with van der Waals surface area (Å²) < 4.78 is 13.1. The van der Waals surface area contributed by atoms with Crippen molar-refractivity contribution in [1.82, 2.24) is 10.6 Å². The molecular formula is C19H16Cl2FN3O3. The fourth-order valence-electron chi connectivity index (χ4n) is 2.86. The predicted octanol–water partition coefficient (Wildman–Crippen LogP) is 3.82. The average Bonchev–Trinajstić information content (AvgIpc) is 2.91. The van der Waals surface area contributed by atoms with E-state index in [0.29, 0.717) is 10.0 Å². The zero-order valence-corrected chi connectivity index (χ0v) is 16.2. The van der Waals surface area contributed by atoms with Crippen LogP contribution >= 0.6 is 23.2 Å². The van der Waals surface area contributed by atoms with Crippen LogP contribution in [0.3, 0.4) is 0 Å². The third-order valence-corrected chi connectivity index (χ3v) is 5.05. The minimum atomic E-state index is -1.00. The van der Waals surface area contributed by atoms with Gasteiger partial charge in [-0.05, 0) is 48.9 Å². The first-order valence-corrected chi connectivity index (χ1v) is 9.16. The van der Waals surface area contributed by atoms with Crippen molar-refractivity contribution in [3.63, 3.8) is 0 Å². The number of hydrogen-bond donors (Lipinski definition) is 2. The van der Waals surface area contributed by atoms with Crippen molar-refractivity contribution in [2.75, 3.05) is 4.90 Å². The van der Waals surface area contributed by atoms with Gasteiger partial charge in [0.05, 0.1) is 28.2 Å². The molecule has 4 amide bonds. The molecule has 1 aliphatic heterocycles. The van der Waals surface area contributed by atoms with Crippen molar-refractivity contribution in [3.8, 4) is 0 Å². The SMILES string of the molecule is C[C@H](NC(=O)C[C@@H]1NC(=O)N(c2ccc(F)cc2)C1=O)c1ccc(Cl)c(Cl)c1. The molecule has 1 saturated heterocycles. The van der Waals surface area contributed by atoms with Gasteiger partial charge in [-0.25, -0.2) is 14.1 Å². The van der Waals surface area contributed by atoms with Crippen LogP contribution in [0.25, 0.3) is 0 Å². The molecule has 0 saturated carbocycles. The molecule has 0 spiro atoms. The minimum absolute atomic E-state index is 0.228. The molecule has 1 heterocycles. The zero-order chi connectivity index (χ0) is 20.4. The molecule has 0 unspecified atom stereocenters. The number of rotatable bonds is 5. The second kappa shape index (κ2) is 8.16. The molecular weight excluding hydrogens is 408 g/mol. The van der Waals surface area contributed by atoms with Crippen LogP contribution in [-0.2, 0) is 9.59 Å². The summed E-state index contributed by atoms with van der Waals surface area (Å²) in [6.07, 6.45) is -0.228. The lowest BCUT2D eigenvalue weighted by Gasteiger charge is -2.16. The number of carbonyl (C=O) groups excluding carboxylic acids is 3. The van der Waals surface area contributed by atoms with E-state index in [1.54, 1.807) is 25.1 Å². The largest absolute Gasteiger partial charge is 0.350 e. The van der Waals surface area contributed by atoms with Gasteiger partial charge >= 0.3 is 6.03 Å². The standard InChI is InChI=1S/C19H16Cl2FN3O3/c1-10(11-2-7-14(20)15(21)8-11)23-17(26)9-16-18(27)25(19(28)24-16)13-5-3-12(22)4-6-13/h2-8,10,16H,9H2,1H3,(H,23,26)(H,24,28)/t10-,16-/m0/s1. The Hall–Kier alpha value is -2.64. The number of benzene rings is 2. The van der Waals surface area contributed by atoms with E-state index in [-0.39, 0.29) is 18.2 Å². The Labute approximate surface area is 170 Å². The fraction of sp³-hybridized carbons (Fsp3) is 0.211. The Balaban J connectivity index is 1.64. The Bertz CT molecular complexity index is 937. The van der Waals surface area contributed by atoms with E-state index in [4.69, 9.17) is 23.2 Å². The van der Waals surface area contributed by atoms with E-state index in [1.807, 2.05) is 0 Å². The number of urea groups is 1. The molecule has 0 aliphatic carbocycles. The van der Waals surface area contributed by atoms with Crippen LogP contribution < -0.4 is 15.5 Å². The number of imide groups is 1. The van der Waals surface area contributed by atoms with Gasteiger partial charge in [0.25, 0.3) is 5.91 Å². The molecule has 9 heteroatoms. The highest BCUT2D eigenvalue weighted by Crippen LogP contribution is 2.26. The number of hydrogen-bond acceptors (Lipinski definition) is 3. The van der Waals surface area contributed by atoms with Crippen LogP contribution in [0.1, 0.15) is 24.9 Å². The van der Waals surface area contributed by atoms with Gasteiger partial charge in [-0.2, -0.15) is 0 Å². The van der Waals surface area contributed by atoms with Gasteiger partial charge in [0.2, 0.25) is 5.91 Å². The molecule has 1 aliphatic rings. The summed E-state index contributed by atoms with van der Waals surface area (Å²) in [4.78, 5) is 37.8. The summed E-state index contributed by atoms with van der Waals surface area (Å²) in [6.45, 7) is 1.76. The summed E-state index contributed by atoms with van der Waals surface area (Å²) in [6, 6.07) is 7.91. The Morgan fingerprint density at radius 3 is 2.50 bits per heavy atom. The van der Waals surface area contributed by atoms with E-state index in [0.717, 1.165) is 22.6 Å². The van der Waals surface area contributed by atoms with E-state index in [1.165, 1.54) is 12.1 Å². The zero-order valence-electron chi connectivity index (χ0n) is 14.7. The van der Waals surface area contributed by atoms with Crippen LogP contribution in [0, 0.1) is 5.82 Å². The van der Waals surface area contributed by atoms with Gasteiger partial charge in [-0.3, -0.25) is 9.59 Å². The molecule has 0 bridgehead atoms. The second-order valence-corrected chi connectivity index (χ2v) is 7.13. The summed E-state index contributed by atoms with van der Waals surface area (Å²) >= 11 is 11.9. The highest BCUT2D eigenvalue weighted by molar-refractivity contribution is 6.42. The van der Waals surface area contributed by atoms with Crippen LogP contribution in [0.5, 0.6) is 0 Å². The molecule has 2 aromatic rings. The minimum Gasteiger partial charge on any atom is -0.350 e. The number of nitrogens with one attached hydrogen (secondary N) is 2. The van der Waals surface area contributed by atoms with Crippen LogP contribution in [0.4, 0.5) is 14.9 Å². The van der Waals surface area contributed by atoms with Gasteiger partial charge in [0, 0.05) is 0 Å². The summed E-state index contributed by atoms with van der Waals surface area (Å²) in [5.74, 6) is -1.48. The Morgan fingerprint density at radius 2 is 1.86 bits per heavy atom. The first-order chi connectivity index (χ1) is 13.3. The quantitative estimate of drug-likeness (QED) is 0.717. The van der Waals surface area contributed by atoms with Gasteiger partial charge in [-0.15, -0.1) is 0 Å². The van der Waals surface area contributed by atoms with Gasteiger partial charge in [-0.1, -0.05) is 29.3 Å². The van der Waals surface area contributed by atoms with Crippen molar-refractivity contribution < 1.29 is 18.8 Å². The number of halogens is 3. The summed E-state index contributed by atoms with van der Waals surface area (Å²) in [5.41, 5.74) is 0.980. The number of carbonyl (C=O) groups is 3. The van der Waals surface area contributed by atoms with E-state index in [9.17, 15) is 18.8 Å². The van der Waals surface area contributed by atoms with Gasteiger partial charge in [0.1, 0.15) is 11.9 Å².